The summed E-state index contributed by atoms with van der Waals surface area (Å²) in [5.41, 5.74) is 0. The molecule has 1 aliphatic rings. The molecular weight excluding hydrogens is 188 g/mol. The Balaban J connectivity index is 2.02. The first-order valence-corrected chi connectivity index (χ1v) is 6.13. The van der Waals surface area contributed by atoms with Gasteiger partial charge in [0.2, 0.25) is 5.91 Å². The van der Waals surface area contributed by atoms with E-state index in [4.69, 9.17) is 0 Å². The van der Waals surface area contributed by atoms with E-state index in [-0.39, 0.29) is 5.91 Å². The quantitative estimate of drug-likeness (QED) is 0.672. The maximum atomic E-state index is 11.4. The van der Waals surface area contributed by atoms with Crippen LogP contribution in [0.2, 0.25) is 0 Å². The number of carbonyl (C=O) groups is 1. The second kappa shape index (κ2) is 6.11. The zero-order valence-corrected chi connectivity index (χ0v) is 10.2. The van der Waals surface area contributed by atoms with Crippen molar-refractivity contribution in [1.29, 1.82) is 0 Å². The Labute approximate surface area is 93.0 Å². The lowest BCUT2D eigenvalue weighted by Gasteiger charge is -2.13. The van der Waals surface area contributed by atoms with Gasteiger partial charge in [0.15, 0.2) is 0 Å². The van der Waals surface area contributed by atoms with E-state index in [9.17, 15) is 4.79 Å². The van der Waals surface area contributed by atoms with Crippen LogP contribution in [0.5, 0.6) is 0 Å². The standard InChI is InChI=1S/C12H24N2O/c1-4-10(3)13-8-12(15)14-7-9(2)11-5-6-11/h9-11,13H,4-8H2,1-3H3,(H,14,15). The van der Waals surface area contributed by atoms with Gasteiger partial charge in [-0.1, -0.05) is 13.8 Å². The zero-order valence-electron chi connectivity index (χ0n) is 10.2. The number of rotatable bonds is 7. The van der Waals surface area contributed by atoms with Crippen LogP contribution in [0, 0.1) is 11.8 Å². The first-order chi connectivity index (χ1) is 7.13. The van der Waals surface area contributed by atoms with Gasteiger partial charge in [-0.05, 0) is 38.0 Å². The Hall–Kier alpha value is -0.570. The lowest BCUT2D eigenvalue weighted by atomic mass is 10.1. The van der Waals surface area contributed by atoms with Crippen molar-refractivity contribution in [2.45, 2.75) is 46.1 Å². The normalized spacial score (nSPS) is 19.7. The molecule has 88 valence electrons. The van der Waals surface area contributed by atoms with Gasteiger partial charge >= 0.3 is 0 Å². The van der Waals surface area contributed by atoms with E-state index in [1.807, 2.05) is 0 Å². The molecular formula is C12H24N2O. The van der Waals surface area contributed by atoms with Gasteiger partial charge < -0.3 is 10.6 Å². The van der Waals surface area contributed by atoms with Crippen molar-refractivity contribution in [2.75, 3.05) is 13.1 Å². The van der Waals surface area contributed by atoms with E-state index < -0.39 is 0 Å². The minimum absolute atomic E-state index is 0.128. The van der Waals surface area contributed by atoms with Crippen LogP contribution in [0.15, 0.2) is 0 Å². The van der Waals surface area contributed by atoms with E-state index in [2.05, 4.69) is 31.4 Å². The third-order valence-corrected chi connectivity index (χ3v) is 3.27. The van der Waals surface area contributed by atoms with Crippen LogP contribution in [0.25, 0.3) is 0 Å². The zero-order chi connectivity index (χ0) is 11.3. The molecule has 0 aromatic carbocycles. The Kier molecular flexibility index (Phi) is 5.09. The molecule has 2 N–H and O–H groups in total. The maximum Gasteiger partial charge on any atom is 0.233 e. The molecule has 0 spiro atoms. The Morgan fingerprint density at radius 2 is 2.07 bits per heavy atom. The summed E-state index contributed by atoms with van der Waals surface area (Å²) in [5.74, 6) is 1.65. The number of carbonyl (C=O) groups excluding carboxylic acids is 1. The highest BCUT2D eigenvalue weighted by Gasteiger charge is 2.27. The molecule has 0 bridgehead atoms. The fraction of sp³-hybridized carbons (Fsp3) is 0.917. The summed E-state index contributed by atoms with van der Waals surface area (Å²) in [5, 5.41) is 6.17. The van der Waals surface area contributed by atoms with E-state index in [1.165, 1.54) is 12.8 Å². The van der Waals surface area contributed by atoms with Gasteiger partial charge in [0.05, 0.1) is 6.54 Å². The molecule has 3 heteroatoms. The van der Waals surface area contributed by atoms with Crippen molar-refractivity contribution < 1.29 is 4.79 Å². The maximum absolute atomic E-state index is 11.4. The average molecular weight is 212 g/mol. The lowest BCUT2D eigenvalue weighted by molar-refractivity contribution is -0.120. The van der Waals surface area contributed by atoms with E-state index in [0.29, 0.717) is 18.5 Å². The minimum atomic E-state index is 0.128. The minimum Gasteiger partial charge on any atom is -0.355 e. The molecule has 1 aliphatic carbocycles. The van der Waals surface area contributed by atoms with Gasteiger partial charge in [0, 0.05) is 12.6 Å². The first-order valence-electron chi connectivity index (χ1n) is 6.13. The Bertz CT molecular complexity index is 202. The smallest absolute Gasteiger partial charge is 0.233 e. The summed E-state index contributed by atoms with van der Waals surface area (Å²) in [4.78, 5) is 11.4. The third kappa shape index (κ3) is 5.17. The van der Waals surface area contributed by atoms with Crippen LogP contribution in [-0.4, -0.2) is 25.0 Å². The van der Waals surface area contributed by atoms with E-state index in [0.717, 1.165) is 18.9 Å². The van der Waals surface area contributed by atoms with E-state index >= 15 is 0 Å². The summed E-state index contributed by atoms with van der Waals surface area (Å²) < 4.78 is 0. The van der Waals surface area contributed by atoms with Crippen LogP contribution in [-0.2, 0) is 4.79 Å². The molecule has 1 rings (SSSR count). The van der Waals surface area contributed by atoms with Crippen molar-refractivity contribution in [3.8, 4) is 0 Å². The fourth-order valence-electron chi connectivity index (χ4n) is 1.58. The highest BCUT2D eigenvalue weighted by atomic mass is 16.1. The van der Waals surface area contributed by atoms with Crippen LogP contribution in [0.3, 0.4) is 0 Å². The molecule has 0 heterocycles. The number of hydrogen-bond acceptors (Lipinski definition) is 2. The topological polar surface area (TPSA) is 41.1 Å². The molecule has 1 fully saturated rings. The van der Waals surface area contributed by atoms with E-state index in [1.54, 1.807) is 0 Å². The van der Waals surface area contributed by atoms with Crippen molar-refractivity contribution in [3.05, 3.63) is 0 Å². The van der Waals surface area contributed by atoms with Crippen LogP contribution in [0.4, 0.5) is 0 Å². The highest BCUT2D eigenvalue weighted by Crippen LogP contribution is 2.35. The van der Waals surface area contributed by atoms with Gasteiger partial charge in [-0.25, -0.2) is 0 Å². The molecule has 0 saturated heterocycles. The predicted octanol–water partition coefficient (Wildman–Crippen LogP) is 1.54. The number of amides is 1. The molecule has 0 aliphatic heterocycles. The summed E-state index contributed by atoms with van der Waals surface area (Å²) in [6, 6.07) is 0.427. The largest absolute Gasteiger partial charge is 0.355 e. The second-order valence-corrected chi connectivity index (χ2v) is 4.81. The van der Waals surface area contributed by atoms with Crippen molar-refractivity contribution >= 4 is 5.91 Å². The highest BCUT2D eigenvalue weighted by molar-refractivity contribution is 5.77. The average Bonchev–Trinajstić information content (AvgIpc) is 3.05. The fourth-order valence-corrected chi connectivity index (χ4v) is 1.58. The molecule has 3 nitrogen and oxygen atoms in total. The molecule has 0 aromatic heterocycles. The first kappa shape index (κ1) is 12.5. The summed E-state index contributed by atoms with van der Waals surface area (Å²) in [6.07, 6.45) is 3.76. The van der Waals surface area contributed by atoms with Crippen molar-refractivity contribution in [1.82, 2.24) is 10.6 Å². The van der Waals surface area contributed by atoms with Gasteiger partial charge in [0.25, 0.3) is 0 Å². The molecule has 2 unspecified atom stereocenters. The number of hydrogen-bond donors (Lipinski definition) is 2. The second-order valence-electron chi connectivity index (χ2n) is 4.81. The summed E-state index contributed by atoms with van der Waals surface area (Å²) >= 11 is 0. The van der Waals surface area contributed by atoms with Crippen LogP contribution in [0.1, 0.15) is 40.0 Å². The van der Waals surface area contributed by atoms with Gasteiger partial charge in [0.1, 0.15) is 0 Å². The van der Waals surface area contributed by atoms with Crippen LogP contribution < -0.4 is 10.6 Å². The Morgan fingerprint density at radius 3 is 2.60 bits per heavy atom. The summed E-state index contributed by atoms with van der Waals surface area (Å²) in [7, 11) is 0. The molecule has 0 aromatic rings. The monoisotopic (exact) mass is 212 g/mol. The Morgan fingerprint density at radius 1 is 1.40 bits per heavy atom. The third-order valence-electron chi connectivity index (χ3n) is 3.27. The van der Waals surface area contributed by atoms with Gasteiger partial charge in [-0.15, -0.1) is 0 Å². The van der Waals surface area contributed by atoms with Gasteiger partial charge in [-0.3, -0.25) is 4.79 Å². The number of nitrogens with one attached hydrogen (secondary N) is 2. The lowest BCUT2D eigenvalue weighted by Crippen LogP contribution is -2.39. The molecule has 1 saturated carbocycles. The molecule has 15 heavy (non-hydrogen) atoms. The summed E-state index contributed by atoms with van der Waals surface area (Å²) in [6.45, 7) is 7.73. The van der Waals surface area contributed by atoms with Gasteiger partial charge in [-0.2, -0.15) is 0 Å². The predicted molar refractivity (Wildman–Crippen MR) is 62.7 cm³/mol. The van der Waals surface area contributed by atoms with Crippen molar-refractivity contribution in [2.24, 2.45) is 11.8 Å². The van der Waals surface area contributed by atoms with Crippen LogP contribution >= 0.6 is 0 Å². The molecule has 1 amide bonds. The van der Waals surface area contributed by atoms with Crippen molar-refractivity contribution in [3.63, 3.8) is 0 Å². The molecule has 2 atom stereocenters. The molecule has 0 radical (unpaired) electrons. The SMILES string of the molecule is CCC(C)NCC(=O)NCC(C)C1CC1.